The minimum atomic E-state index is -1.08. The fraction of sp³-hybridized carbons (Fsp3) is 0.579. The third kappa shape index (κ3) is 2.76. The van der Waals surface area contributed by atoms with Crippen LogP contribution in [0.15, 0.2) is 18.7 Å². The number of H-pyrrole nitrogens is 1. The monoisotopic (exact) mass is 414 g/mol. The van der Waals surface area contributed by atoms with Crippen LogP contribution >= 0.6 is 0 Å². The molecule has 10 nitrogen and oxygen atoms in total. The maximum Gasteiger partial charge on any atom is 0.243 e. The van der Waals surface area contributed by atoms with Crippen molar-refractivity contribution in [3.8, 4) is 11.3 Å². The molecule has 3 aliphatic heterocycles. The summed E-state index contributed by atoms with van der Waals surface area (Å²) in [5.41, 5.74) is 3.28. The molecule has 3 atom stereocenters. The number of halogens is 1. The number of ether oxygens (including phenoxy) is 2. The number of aromatic nitrogens is 6. The van der Waals surface area contributed by atoms with Crippen molar-refractivity contribution in [1.29, 1.82) is 0 Å². The van der Waals surface area contributed by atoms with Crippen LogP contribution in [0.25, 0.3) is 16.9 Å². The summed E-state index contributed by atoms with van der Waals surface area (Å²) in [5, 5.41) is 14.6. The lowest BCUT2D eigenvalue weighted by atomic mass is 9.83. The Kier molecular flexibility index (Phi) is 4.13. The van der Waals surface area contributed by atoms with Crippen molar-refractivity contribution in [2.45, 2.75) is 37.0 Å². The molecule has 30 heavy (non-hydrogen) atoms. The molecule has 3 aliphatic rings. The summed E-state index contributed by atoms with van der Waals surface area (Å²) in [6, 6.07) is -0.362. The maximum atomic E-state index is 14.2. The number of aromatic amines is 1. The molecule has 158 valence electrons. The van der Waals surface area contributed by atoms with Crippen molar-refractivity contribution in [2.24, 2.45) is 0 Å². The highest BCUT2D eigenvalue weighted by Crippen LogP contribution is 2.45. The molecule has 0 amide bonds. The van der Waals surface area contributed by atoms with Crippen molar-refractivity contribution in [2.75, 3.05) is 43.2 Å². The Morgan fingerprint density at radius 1 is 1.27 bits per heavy atom. The Bertz CT molecular complexity index is 1050. The van der Waals surface area contributed by atoms with E-state index in [4.69, 9.17) is 14.5 Å². The van der Waals surface area contributed by atoms with E-state index in [9.17, 15) is 4.39 Å². The zero-order valence-electron chi connectivity index (χ0n) is 16.4. The number of nitrogens with one attached hydrogen (secondary N) is 2. The highest BCUT2D eigenvalue weighted by molar-refractivity contribution is 5.86. The van der Waals surface area contributed by atoms with E-state index >= 15 is 0 Å². The van der Waals surface area contributed by atoms with Crippen LogP contribution in [0.5, 0.6) is 0 Å². The predicted molar refractivity (Wildman–Crippen MR) is 106 cm³/mol. The lowest BCUT2D eigenvalue weighted by molar-refractivity contribution is 0.0284. The molecule has 0 aromatic carbocycles. The van der Waals surface area contributed by atoms with Gasteiger partial charge in [-0.1, -0.05) is 0 Å². The molecule has 2 N–H and O–H groups in total. The van der Waals surface area contributed by atoms with E-state index in [0.29, 0.717) is 31.2 Å². The van der Waals surface area contributed by atoms with Crippen molar-refractivity contribution in [3.05, 3.63) is 18.7 Å². The molecule has 6 heterocycles. The molecular weight excluding hydrogens is 391 g/mol. The Morgan fingerprint density at radius 3 is 2.97 bits per heavy atom. The van der Waals surface area contributed by atoms with Gasteiger partial charge in [0.25, 0.3) is 0 Å². The second kappa shape index (κ2) is 6.88. The van der Waals surface area contributed by atoms with Gasteiger partial charge in [0.05, 0.1) is 31.0 Å². The standard InChI is InChI=1S/C19H23FN8O2/c20-13-9-29-5-1-14(13)24-18-25-17-16(27-4-2-19(27)3-6-30-10-19)15(12-7-22-23-8-12)21-11-28(17)26-18/h7-8,11,13-14H,1-6,9-10H2,(H,22,23)(H,24,26)/t13-,14+,19?/m1/s1. The quantitative estimate of drug-likeness (QED) is 0.661. The Labute approximate surface area is 171 Å². The van der Waals surface area contributed by atoms with Crippen LogP contribution < -0.4 is 10.2 Å². The third-order valence-corrected chi connectivity index (χ3v) is 6.46. The van der Waals surface area contributed by atoms with Gasteiger partial charge in [-0.2, -0.15) is 14.6 Å². The lowest BCUT2D eigenvalue weighted by Crippen LogP contribution is -2.61. The second-order valence-corrected chi connectivity index (χ2v) is 8.19. The largest absolute Gasteiger partial charge is 0.379 e. The van der Waals surface area contributed by atoms with Gasteiger partial charge in [-0.05, 0) is 19.3 Å². The molecule has 0 radical (unpaired) electrons. The average Bonchev–Trinajstić information content (AvgIpc) is 3.50. The Morgan fingerprint density at radius 2 is 2.23 bits per heavy atom. The topological polar surface area (TPSA) is 105 Å². The van der Waals surface area contributed by atoms with E-state index < -0.39 is 6.17 Å². The first-order valence-electron chi connectivity index (χ1n) is 10.3. The second-order valence-electron chi connectivity index (χ2n) is 8.19. The van der Waals surface area contributed by atoms with E-state index in [-0.39, 0.29) is 18.2 Å². The number of hydrogen-bond donors (Lipinski definition) is 2. The average molecular weight is 414 g/mol. The number of anilines is 2. The summed E-state index contributed by atoms with van der Waals surface area (Å²) < 4.78 is 26.8. The van der Waals surface area contributed by atoms with E-state index in [1.807, 2.05) is 6.20 Å². The minimum absolute atomic E-state index is 0.0215. The van der Waals surface area contributed by atoms with Gasteiger partial charge in [0.1, 0.15) is 23.9 Å². The Balaban J connectivity index is 1.43. The summed E-state index contributed by atoms with van der Waals surface area (Å²) in [6.07, 6.45) is 6.77. The first kappa shape index (κ1) is 18.0. The lowest BCUT2D eigenvalue weighted by Gasteiger charge is -2.51. The number of alkyl halides is 1. The van der Waals surface area contributed by atoms with Gasteiger partial charge in [-0.25, -0.2) is 9.37 Å². The first-order valence-corrected chi connectivity index (χ1v) is 10.3. The molecule has 0 aliphatic carbocycles. The molecule has 3 fully saturated rings. The number of rotatable bonds is 4. The van der Waals surface area contributed by atoms with Gasteiger partial charge in [0.2, 0.25) is 5.95 Å². The summed E-state index contributed by atoms with van der Waals surface area (Å²) in [7, 11) is 0. The van der Waals surface area contributed by atoms with Gasteiger partial charge in [0, 0.05) is 31.5 Å². The van der Waals surface area contributed by atoms with Crippen molar-refractivity contribution >= 4 is 17.3 Å². The van der Waals surface area contributed by atoms with Crippen LogP contribution in [0.3, 0.4) is 0 Å². The van der Waals surface area contributed by atoms with E-state index in [1.54, 1.807) is 17.0 Å². The first-order chi connectivity index (χ1) is 14.7. The van der Waals surface area contributed by atoms with Crippen LogP contribution in [-0.2, 0) is 9.47 Å². The van der Waals surface area contributed by atoms with Crippen molar-refractivity contribution in [3.63, 3.8) is 0 Å². The predicted octanol–water partition coefficient (Wildman–Crippen LogP) is 1.42. The molecule has 0 saturated carbocycles. The maximum absolute atomic E-state index is 14.2. The van der Waals surface area contributed by atoms with Gasteiger partial charge < -0.3 is 19.7 Å². The SMILES string of the molecule is F[C@@H]1COCC[C@@H]1Nc1nc2c(N3CCC34CCOC4)c(-c3cn[nH]c3)ncn2n1. The van der Waals surface area contributed by atoms with Crippen LogP contribution in [0, 0.1) is 0 Å². The van der Waals surface area contributed by atoms with E-state index in [0.717, 1.165) is 42.9 Å². The number of nitrogens with zero attached hydrogens (tertiary/aromatic N) is 6. The third-order valence-electron chi connectivity index (χ3n) is 6.46. The zero-order valence-corrected chi connectivity index (χ0v) is 16.4. The molecule has 3 aromatic rings. The summed E-state index contributed by atoms with van der Waals surface area (Å²) in [5.74, 6) is 0.397. The normalized spacial score (nSPS) is 28.9. The summed E-state index contributed by atoms with van der Waals surface area (Å²) >= 11 is 0. The minimum Gasteiger partial charge on any atom is -0.379 e. The van der Waals surface area contributed by atoms with Gasteiger partial charge >= 0.3 is 0 Å². The zero-order chi connectivity index (χ0) is 20.1. The van der Waals surface area contributed by atoms with Gasteiger partial charge in [-0.15, -0.1) is 5.10 Å². The molecule has 11 heteroatoms. The Hall–Kier alpha value is -2.79. The number of fused-ring (bicyclic) bond motifs is 1. The molecule has 1 spiro atoms. The highest BCUT2D eigenvalue weighted by Gasteiger charge is 2.49. The van der Waals surface area contributed by atoms with Crippen LogP contribution in [0.1, 0.15) is 19.3 Å². The molecule has 3 saturated heterocycles. The van der Waals surface area contributed by atoms with Crippen LogP contribution in [0.2, 0.25) is 0 Å². The van der Waals surface area contributed by atoms with Gasteiger partial charge in [0.15, 0.2) is 5.65 Å². The van der Waals surface area contributed by atoms with E-state index in [2.05, 4.69) is 30.5 Å². The smallest absolute Gasteiger partial charge is 0.243 e. The van der Waals surface area contributed by atoms with Crippen LogP contribution in [-0.4, -0.2) is 80.5 Å². The van der Waals surface area contributed by atoms with Crippen molar-refractivity contribution < 1.29 is 13.9 Å². The van der Waals surface area contributed by atoms with Gasteiger partial charge in [-0.3, -0.25) is 5.10 Å². The number of hydrogen-bond acceptors (Lipinski definition) is 8. The summed E-state index contributed by atoms with van der Waals surface area (Å²) in [6.45, 7) is 2.98. The molecule has 1 unspecified atom stereocenters. The molecule has 0 bridgehead atoms. The molecular formula is C19H23FN8O2. The van der Waals surface area contributed by atoms with Crippen LogP contribution in [0.4, 0.5) is 16.0 Å². The fourth-order valence-electron chi connectivity index (χ4n) is 4.67. The summed E-state index contributed by atoms with van der Waals surface area (Å²) in [4.78, 5) is 11.8. The highest BCUT2D eigenvalue weighted by atomic mass is 19.1. The molecule has 3 aromatic heterocycles. The van der Waals surface area contributed by atoms with E-state index in [1.165, 1.54) is 0 Å². The van der Waals surface area contributed by atoms with Crippen molar-refractivity contribution in [1.82, 2.24) is 29.8 Å². The molecule has 6 rings (SSSR count). The fourth-order valence-corrected chi connectivity index (χ4v) is 4.67.